The van der Waals surface area contributed by atoms with Crippen molar-refractivity contribution in [1.82, 2.24) is 24.4 Å². The summed E-state index contributed by atoms with van der Waals surface area (Å²) >= 11 is 1.68. The van der Waals surface area contributed by atoms with E-state index in [9.17, 15) is 10.2 Å². The summed E-state index contributed by atoms with van der Waals surface area (Å²) in [4.78, 5) is 6.40. The second kappa shape index (κ2) is 7.80. The number of fused-ring (bicyclic) bond motifs is 1. The van der Waals surface area contributed by atoms with Crippen molar-refractivity contribution in [3.05, 3.63) is 59.3 Å². The summed E-state index contributed by atoms with van der Waals surface area (Å²) in [6.45, 7) is -0.331. The van der Waals surface area contributed by atoms with E-state index < -0.39 is 12.2 Å². The molecule has 1 saturated carbocycles. The molecule has 0 bridgehead atoms. The zero-order valence-electron chi connectivity index (χ0n) is 16.0. The van der Waals surface area contributed by atoms with E-state index in [4.69, 9.17) is 9.84 Å². The molecule has 156 valence electrons. The standard InChI is InChI=1S/C20H21N5O4S/c26-9-14(27)10-29-15-5-3-13(4-6-15)25-8-16(22-23-25)19(28)18-20(12-1-2-12)30-17-7-21-11-24(17)18/h3-8,11-12,14,19,26-28H,1-2,9-10H2/t14-,19+/m0/s1. The smallest absolute Gasteiger partial charge is 0.141 e. The summed E-state index contributed by atoms with van der Waals surface area (Å²) in [5.41, 5.74) is 2.06. The number of hydrogen-bond acceptors (Lipinski definition) is 8. The normalized spacial score (nSPS) is 16.1. The van der Waals surface area contributed by atoms with Gasteiger partial charge < -0.3 is 20.1 Å². The van der Waals surface area contributed by atoms with Crippen LogP contribution in [0.2, 0.25) is 0 Å². The van der Waals surface area contributed by atoms with E-state index in [1.807, 2.05) is 10.6 Å². The molecule has 30 heavy (non-hydrogen) atoms. The highest BCUT2D eigenvalue weighted by atomic mass is 32.1. The summed E-state index contributed by atoms with van der Waals surface area (Å²) in [7, 11) is 0. The predicted molar refractivity (Wildman–Crippen MR) is 109 cm³/mol. The Morgan fingerprint density at radius 1 is 1.20 bits per heavy atom. The summed E-state index contributed by atoms with van der Waals surface area (Å²) in [5.74, 6) is 1.08. The average Bonchev–Trinajstić information content (AvgIpc) is 3.16. The zero-order valence-corrected chi connectivity index (χ0v) is 16.8. The Kier molecular flexibility index (Phi) is 4.99. The molecule has 3 N–H and O–H groups in total. The molecule has 0 aliphatic heterocycles. The first kappa shape index (κ1) is 19.2. The largest absolute Gasteiger partial charge is 0.491 e. The second-order valence-corrected chi connectivity index (χ2v) is 8.42. The van der Waals surface area contributed by atoms with Gasteiger partial charge in [-0.2, -0.15) is 0 Å². The topological polar surface area (TPSA) is 118 Å². The monoisotopic (exact) mass is 427 g/mol. The Morgan fingerprint density at radius 3 is 2.73 bits per heavy atom. The molecule has 2 atom stereocenters. The van der Waals surface area contributed by atoms with Crippen LogP contribution in [-0.4, -0.2) is 59.0 Å². The van der Waals surface area contributed by atoms with Crippen molar-refractivity contribution in [3.8, 4) is 11.4 Å². The summed E-state index contributed by atoms with van der Waals surface area (Å²) in [6, 6.07) is 7.10. The fraction of sp³-hybridized carbons (Fsp3) is 0.350. The van der Waals surface area contributed by atoms with Gasteiger partial charge in [0.15, 0.2) is 0 Å². The van der Waals surface area contributed by atoms with Gasteiger partial charge in [-0.3, -0.25) is 4.40 Å². The first-order valence-corrected chi connectivity index (χ1v) is 10.5. The van der Waals surface area contributed by atoms with Crippen LogP contribution < -0.4 is 4.74 Å². The van der Waals surface area contributed by atoms with E-state index in [1.54, 1.807) is 52.8 Å². The van der Waals surface area contributed by atoms with Gasteiger partial charge in [-0.1, -0.05) is 5.21 Å². The van der Waals surface area contributed by atoms with E-state index in [1.165, 1.54) is 4.88 Å². The number of hydrogen-bond donors (Lipinski definition) is 3. The van der Waals surface area contributed by atoms with Crippen molar-refractivity contribution in [1.29, 1.82) is 0 Å². The number of aromatic nitrogens is 5. The van der Waals surface area contributed by atoms with Gasteiger partial charge in [0.25, 0.3) is 0 Å². The van der Waals surface area contributed by atoms with Crippen molar-refractivity contribution in [2.75, 3.05) is 13.2 Å². The van der Waals surface area contributed by atoms with Crippen molar-refractivity contribution in [3.63, 3.8) is 0 Å². The van der Waals surface area contributed by atoms with Crippen LogP contribution >= 0.6 is 11.3 Å². The Labute approximate surface area is 175 Å². The van der Waals surface area contributed by atoms with Gasteiger partial charge in [0.1, 0.15) is 41.4 Å². The van der Waals surface area contributed by atoms with E-state index in [-0.39, 0.29) is 13.2 Å². The molecule has 1 aliphatic rings. The highest BCUT2D eigenvalue weighted by Crippen LogP contribution is 2.47. The van der Waals surface area contributed by atoms with Gasteiger partial charge in [-0.05, 0) is 43.0 Å². The lowest BCUT2D eigenvalue weighted by Gasteiger charge is -2.10. The first-order valence-electron chi connectivity index (χ1n) is 9.71. The lowest BCUT2D eigenvalue weighted by molar-refractivity contribution is 0.0536. The minimum atomic E-state index is -0.913. The third-order valence-corrected chi connectivity index (χ3v) is 6.36. The lowest BCUT2D eigenvalue weighted by Crippen LogP contribution is -2.21. The van der Waals surface area contributed by atoms with Crippen LogP contribution in [0.1, 0.15) is 41.1 Å². The molecule has 0 unspecified atom stereocenters. The number of ether oxygens (including phenoxy) is 1. The maximum Gasteiger partial charge on any atom is 0.141 e. The number of nitrogens with zero attached hydrogens (tertiary/aromatic N) is 5. The Bertz CT molecular complexity index is 1150. The number of benzene rings is 1. The third kappa shape index (κ3) is 3.58. The number of rotatable bonds is 8. The number of aliphatic hydroxyl groups is 3. The van der Waals surface area contributed by atoms with Crippen LogP contribution in [0, 0.1) is 0 Å². The van der Waals surface area contributed by atoms with Crippen LogP contribution in [-0.2, 0) is 0 Å². The predicted octanol–water partition coefficient (Wildman–Crippen LogP) is 1.67. The molecule has 1 aromatic carbocycles. The molecule has 0 amide bonds. The maximum absolute atomic E-state index is 11.1. The Balaban J connectivity index is 1.37. The van der Waals surface area contributed by atoms with Crippen molar-refractivity contribution >= 4 is 16.2 Å². The van der Waals surface area contributed by atoms with Gasteiger partial charge in [0.05, 0.1) is 30.4 Å². The number of thiazole rings is 1. The van der Waals surface area contributed by atoms with Crippen LogP contribution in [0.3, 0.4) is 0 Å². The average molecular weight is 427 g/mol. The molecule has 0 saturated heterocycles. The summed E-state index contributed by atoms with van der Waals surface area (Å²) < 4.78 is 8.95. The molecule has 4 aromatic rings. The molecule has 1 aliphatic carbocycles. The van der Waals surface area contributed by atoms with E-state index in [0.717, 1.165) is 29.1 Å². The summed E-state index contributed by atoms with van der Waals surface area (Å²) in [5, 5.41) is 37.7. The SMILES string of the molecule is OC[C@H](O)COc1ccc(-n2cc([C@@H](O)c3c(C4CC4)sc4cncn34)nn2)cc1. The molecule has 5 rings (SSSR count). The Hall–Kier alpha value is -2.79. The fourth-order valence-electron chi connectivity index (χ4n) is 3.34. The lowest BCUT2D eigenvalue weighted by atomic mass is 10.1. The molecule has 3 aromatic heterocycles. The van der Waals surface area contributed by atoms with Crippen molar-refractivity contribution in [2.45, 2.75) is 31.0 Å². The summed E-state index contributed by atoms with van der Waals surface area (Å²) in [6.07, 6.45) is 5.75. The molecular formula is C20H21N5O4S. The minimum absolute atomic E-state index is 0.0161. The molecule has 3 heterocycles. The minimum Gasteiger partial charge on any atom is -0.491 e. The molecule has 0 radical (unpaired) electrons. The highest BCUT2D eigenvalue weighted by molar-refractivity contribution is 7.17. The maximum atomic E-state index is 11.1. The van der Waals surface area contributed by atoms with Crippen LogP contribution in [0.15, 0.2) is 43.0 Å². The third-order valence-electron chi connectivity index (χ3n) is 5.08. The van der Waals surface area contributed by atoms with Crippen molar-refractivity contribution in [2.24, 2.45) is 0 Å². The van der Waals surface area contributed by atoms with Crippen molar-refractivity contribution < 1.29 is 20.1 Å². The quantitative estimate of drug-likeness (QED) is 0.391. The second-order valence-electron chi connectivity index (χ2n) is 7.36. The molecular weight excluding hydrogens is 406 g/mol. The molecule has 0 spiro atoms. The van der Waals surface area contributed by atoms with Crippen LogP contribution in [0.25, 0.3) is 10.5 Å². The first-order chi connectivity index (χ1) is 14.6. The van der Waals surface area contributed by atoms with Gasteiger partial charge in [-0.25, -0.2) is 9.67 Å². The fourth-order valence-corrected chi connectivity index (χ4v) is 4.64. The zero-order chi connectivity index (χ0) is 20.7. The van der Waals surface area contributed by atoms with E-state index in [2.05, 4.69) is 15.3 Å². The molecule has 10 heteroatoms. The Morgan fingerprint density at radius 2 is 2.00 bits per heavy atom. The number of imidazole rings is 1. The number of aliphatic hydroxyl groups excluding tert-OH is 3. The highest BCUT2D eigenvalue weighted by Gasteiger charge is 2.33. The van der Waals surface area contributed by atoms with E-state index in [0.29, 0.717) is 17.4 Å². The van der Waals surface area contributed by atoms with E-state index >= 15 is 0 Å². The van der Waals surface area contributed by atoms with Crippen LogP contribution in [0.4, 0.5) is 0 Å². The van der Waals surface area contributed by atoms with Gasteiger partial charge in [0, 0.05) is 4.88 Å². The van der Waals surface area contributed by atoms with Gasteiger partial charge in [0.2, 0.25) is 0 Å². The van der Waals surface area contributed by atoms with Gasteiger partial charge >= 0.3 is 0 Å². The molecule has 9 nitrogen and oxygen atoms in total. The molecule has 1 fully saturated rings. The van der Waals surface area contributed by atoms with Crippen LogP contribution in [0.5, 0.6) is 5.75 Å². The van der Waals surface area contributed by atoms with Gasteiger partial charge in [-0.15, -0.1) is 16.4 Å².